The van der Waals surface area contributed by atoms with Crippen LogP contribution < -0.4 is 0 Å². The van der Waals surface area contributed by atoms with Crippen LogP contribution in [-0.2, 0) is 0 Å². The molecule has 1 aromatic carbocycles. The summed E-state index contributed by atoms with van der Waals surface area (Å²) in [6.45, 7) is 3.68. The first-order valence-electron chi connectivity index (χ1n) is 2.47. The van der Waals surface area contributed by atoms with Crippen molar-refractivity contribution in [3.8, 4) is 0 Å². The maximum absolute atomic E-state index is 5.64. The van der Waals surface area contributed by atoms with Crippen molar-refractivity contribution in [3.05, 3.63) is 40.7 Å². The third-order valence-corrected chi connectivity index (χ3v) is 1.72. The second-order valence-corrected chi connectivity index (χ2v) is 2.56. The highest BCUT2D eigenvalue weighted by molar-refractivity contribution is 6.42. The fraction of sp³-hybridized carbons (Fsp3) is 0. The summed E-state index contributed by atoms with van der Waals surface area (Å²) in [6, 6.07) is 5.27. The second-order valence-electron chi connectivity index (χ2n) is 1.75. The van der Waals surface area contributed by atoms with Gasteiger partial charge >= 0.3 is 0 Å². The minimum absolute atomic E-state index is 0.559. The molecule has 0 unspecified atom stereocenters. The lowest BCUT2D eigenvalue weighted by molar-refractivity contribution is 1.61. The molecule has 0 radical (unpaired) electrons. The summed E-state index contributed by atoms with van der Waals surface area (Å²) in [5.41, 5.74) is 0.879. The zero-order valence-corrected chi connectivity index (χ0v) is 6.21. The molecule has 0 aliphatic heterocycles. The van der Waals surface area contributed by atoms with Gasteiger partial charge in [-0.2, -0.15) is 0 Å². The van der Waals surface area contributed by atoms with Gasteiger partial charge in [0.05, 0.1) is 11.1 Å². The Kier molecular flexibility index (Phi) is 1.89. The van der Waals surface area contributed by atoms with Gasteiger partial charge in [0.25, 0.3) is 0 Å². The topological polar surface area (TPSA) is 0 Å². The van der Waals surface area contributed by atoms with E-state index in [1.54, 1.807) is 12.1 Å². The molecule has 0 fully saturated rings. The quantitative estimate of drug-likeness (QED) is 0.511. The van der Waals surface area contributed by atoms with Crippen LogP contribution >= 0.6 is 23.2 Å². The van der Waals surface area contributed by atoms with E-state index >= 15 is 0 Å². The largest absolute Gasteiger partial charge is 0.128 e. The first kappa shape index (κ1) is 6.79. The van der Waals surface area contributed by atoms with E-state index < -0.39 is 0 Å². The van der Waals surface area contributed by atoms with Gasteiger partial charge < -0.3 is 0 Å². The van der Waals surface area contributed by atoms with E-state index in [1.807, 2.05) is 6.07 Å². The molecule has 0 aromatic heterocycles. The molecular weight excluding hydrogens is 155 g/mol. The average molecular weight is 160 g/mol. The van der Waals surface area contributed by atoms with Gasteiger partial charge in [0.2, 0.25) is 0 Å². The van der Waals surface area contributed by atoms with E-state index in [1.165, 1.54) is 0 Å². The van der Waals surface area contributed by atoms with E-state index in [9.17, 15) is 0 Å². The van der Waals surface area contributed by atoms with Gasteiger partial charge in [-0.25, -0.2) is 0 Å². The Morgan fingerprint density at radius 3 is 2.22 bits per heavy atom. The number of hydrogen-bond donors (Lipinski definition) is 0. The smallest absolute Gasteiger partial charge is 0.0801 e. The molecule has 1 rings (SSSR count). The number of hydrogen-bond acceptors (Lipinski definition) is 0. The number of benzene rings is 1. The lowest BCUT2D eigenvalue weighted by atomic mass is 10.2. The minimum Gasteiger partial charge on any atom is -0.0801 e. The van der Waals surface area contributed by atoms with E-state index in [2.05, 4.69) is 6.92 Å². The van der Waals surface area contributed by atoms with Crippen LogP contribution in [0.25, 0.3) is 0 Å². The van der Waals surface area contributed by atoms with Crippen molar-refractivity contribution in [1.29, 1.82) is 0 Å². The summed E-state index contributed by atoms with van der Waals surface area (Å²) in [4.78, 5) is 0. The van der Waals surface area contributed by atoms with Crippen LogP contribution in [0.2, 0.25) is 10.0 Å². The molecule has 0 bridgehead atoms. The van der Waals surface area contributed by atoms with Crippen molar-refractivity contribution in [2.24, 2.45) is 0 Å². The van der Waals surface area contributed by atoms with Gasteiger partial charge in [-0.3, -0.25) is 0 Å². The molecule has 0 amide bonds. The Morgan fingerprint density at radius 2 is 1.78 bits per heavy atom. The van der Waals surface area contributed by atoms with Gasteiger partial charge in [-0.1, -0.05) is 23.2 Å². The normalized spacial score (nSPS) is 9.56. The molecule has 2 heteroatoms. The third-order valence-electron chi connectivity index (χ3n) is 0.984. The Labute approximate surface area is 64.4 Å². The molecule has 1 aromatic rings. The summed E-state index contributed by atoms with van der Waals surface area (Å²) in [6.07, 6.45) is 0. The SMILES string of the molecule is [CH2+]c1ccc(Cl)c(Cl)c1. The van der Waals surface area contributed by atoms with E-state index in [4.69, 9.17) is 23.2 Å². The highest BCUT2D eigenvalue weighted by atomic mass is 35.5. The molecule has 0 saturated carbocycles. The van der Waals surface area contributed by atoms with E-state index in [-0.39, 0.29) is 0 Å². The van der Waals surface area contributed by atoms with Crippen molar-refractivity contribution in [2.45, 2.75) is 0 Å². The summed E-state index contributed by atoms with van der Waals surface area (Å²) < 4.78 is 0. The summed E-state index contributed by atoms with van der Waals surface area (Å²) in [7, 11) is 0. The molecule has 0 nitrogen and oxygen atoms in total. The fourth-order valence-corrected chi connectivity index (χ4v) is 0.860. The van der Waals surface area contributed by atoms with Crippen LogP contribution in [0.4, 0.5) is 0 Å². The van der Waals surface area contributed by atoms with Crippen LogP contribution in [-0.4, -0.2) is 0 Å². The molecule has 9 heavy (non-hydrogen) atoms. The second kappa shape index (κ2) is 2.51. The molecule has 0 saturated heterocycles. The molecular formula is C7H5Cl2+. The van der Waals surface area contributed by atoms with Crippen LogP contribution in [0.1, 0.15) is 5.56 Å². The summed E-state index contributed by atoms with van der Waals surface area (Å²) in [5.74, 6) is 0. The molecule has 0 heterocycles. The monoisotopic (exact) mass is 159 g/mol. The first-order chi connectivity index (χ1) is 4.20. The minimum atomic E-state index is 0.559. The zero-order chi connectivity index (χ0) is 6.85. The first-order valence-corrected chi connectivity index (χ1v) is 3.23. The average Bonchev–Trinajstić information content (AvgIpc) is 1.80. The summed E-state index contributed by atoms with van der Waals surface area (Å²) >= 11 is 11.3. The van der Waals surface area contributed by atoms with Crippen molar-refractivity contribution in [2.75, 3.05) is 0 Å². The zero-order valence-electron chi connectivity index (χ0n) is 4.70. The van der Waals surface area contributed by atoms with E-state index in [0.29, 0.717) is 10.0 Å². The predicted molar refractivity (Wildman–Crippen MR) is 40.9 cm³/mol. The Morgan fingerprint density at radius 1 is 1.11 bits per heavy atom. The Balaban J connectivity index is 3.17. The lowest BCUT2D eigenvalue weighted by Gasteiger charge is -1.87. The Bertz CT molecular complexity index is 218. The lowest BCUT2D eigenvalue weighted by Crippen LogP contribution is -1.70. The number of rotatable bonds is 0. The highest BCUT2D eigenvalue weighted by Crippen LogP contribution is 2.21. The van der Waals surface area contributed by atoms with Crippen molar-refractivity contribution in [3.63, 3.8) is 0 Å². The molecule has 0 spiro atoms. The predicted octanol–water partition coefficient (Wildman–Crippen LogP) is 3.18. The van der Waals surface area contributed by atoms with Gasteiger partial charge in [-0.05, 0) is 0 Å². The Hall–Kier alpha value is -0.330. The third kappa shape index (κ3) is 1.54. The van der Waals surface area contributed by atoms with Crippen LogP contribution in [0.5, 0.6) is 0 Å². The van der Waals surface area contributed by atoms with Crippen molar-refractivity contribution in [1.82, 2.24) is 0 Å². The van der Waals surface area contributed by atoms with Gasteiger partial charge in [0, 0.05) is 19.1 Å². The fourth-order valence-electron chi connectivity index (χ4n) is 0.540. The van der Waals surface area contributed by atoms with Crippen molar-refractivity contribution >= 4 is 23.2 Å². The standard InChI is InChI=1S/C7H5Cl2/c1-5-2-3-6(8)7(9)4-5/h2-4H,1H2/q+1. The van der Waals surface area contributed by atoms with Gasteiger partial charge in [-0.15, -0.1) is 0 Å². The van der Waals surface area contributed by atoms with Crippen LogP contribution in [0, 0.1) is 6.92 Å². The van der Waals surface area contributed by atoms with Crippen LogP contribution in [0.3, 0.4) is 0 Å². The molecule has 0 atom stereocenters. The van der Waals surface area contributed by atoms with Crippen molar-refractivity contribution < 1.29 is 0 Å². The molecule has 0 aliphatic carbocycles. The molecule has 0 N–H and O–H groups in total. The van der Waals surface area contributed by atoms with Crippen LogP contribution in [0.15, 0.2) is 18.2 Å². The molecule has 46 valence electrons. The highest BCUT2D eigenvalue weighted by Gasteiger charge is 2.00. The van der Waals surface area contributed by atoms with Gasteiger partial charge in [0.15, 0.2) is 0 Å². The van der Waals surface area contributed by atoms with Gasteiger partial charge in [0.1, 0.15) is 10.6 Å². The molecule has 0 aliphatic rings. The maximum Gasteiger partial charge on any atom is 0.128 e. The maximum atomic E-state index is 5.64. The summed E-state index contributed by atoms with van der Waals surface area (Å²) in [5, 5.41) is 1.13. The number of halogens is 2. The van der Waals surface area contributed by atoms with E-state index in [0.717, 1.165) is 5.56 Å².